The Balaban J connectivity index is 1.46. The molecule has 4 heterocycles. The maximum atomic E-state index is 6.24. The topological polar surface area (TPSA) is 43.9 Å². The lowest BCUT2D eigenvalue weighted by atomic mass is 10.1. The summed E-state index contributed by atoms with van der Waals surface area (Å²) in [5, 5.41) is 5.71. The number of hydrogen-bond donors (Lipinski definition) is 0. The van der Waals surface area contributed by atoms with Crippen LogP contribution in [0.1, 0.15) is 0 Å². The molecule has 5 aromatic carbocycles. The number of hydrogen-bond acceptors (Lipinski definition) is 4. The Morgan fingerprint density at radius 1 is 0.568 bits per heavy atom. The minimum atomic E-state index is 0.680. The molecule has 0 N–H and O–H groups in total. The Labute approximate surface area is 215 Å². The minimum Gasteiger partial charge on any atom is -0.456 e. The fourth-order valence-electron chi connectivity index (χ4n) is 5.88. The van der Waals surface area contributed by atoms with Gasteiger partial charge in [0.15, 0.2) is 0 Å². The van der Waals surface area contributed by atoms with Crippen molar-refractivity contribution in [1.82, 2.24) is 14.5 Å². The lowest BCUT2D eigenvalue weighted by Crippen LogP contribution is -2.05. The molecular formula is C32H17N3OS. The molecule has 0 saturated heterocycles. The molecule has 0 amide bonds. The molecule has 1 aliphatic rings. The average molecular weight is 492 g/mol. The largest absolute Gasteiger partial charge is 0.456 e. The average Bonchev–Trinajstić information content (AvgIpc) is 3.48. The van der Waals surface area contributed by atoms with E-state index in [1.165, 1.54) is 15.2 Å². The molecule has 0 spiro atoms. The second-order valence-electron chi connectivity index (χ2n) is 9.40. The number of benzene rings is 5. The van der Waals surface area contributed by atoms with E-state index < -0.39 is 0 Å². The van der Waals surface area contributed by atoms with Gasteiger partial charge in [-0.25, -0.2) is 9.97 Å². The number of furan rings is 1. The van der Waals surface area contributed by atoms with Crippen molar-refractivity contribution in [3.8, 4) is 17.2 Å². The van der Waals surface area contributed by atoms with Gasteiger partial charge in [-0.05, 0) is 42.5 Å². The molecular weight excluding hydrogens is 474 g/mol. The molecule has 0 aliphatic carbocycles. The summed E-state index contributed by atoms with van der Waals surface area (Å²) in [5.41, 5.74) is 7.05. The van der Waals surface area contributed by atoms with Crippen LogP contribution >= 0.6 is 11.8 Å². The molecule has 0 fully saturated rings. The quantitative estimate of drug-likeness (QED) is 0.230. The van der Waals surface area contributed by atoms with Crippen LogP contribution in [0.25, 0.3) is 71.9 Å². The summed E-state index contributed by atoms with van der Waals surface area (Å²) >= 11 is 1.79. The van der Waals surface area contributed by atoms with Gasteiger partial charge in [-0.15, -0.1) is 0 Å². The van der Waals surface area contributed by atoms with Gasteiger partial charge in [0, 0.05) is 42.3 Å². The van der Waals surface area contributed by atoms with Crippen LogP contribution in [0.15, 0.2) is 117 Å². The molecule has 9 rings (SSSR count). The molecule has 4 nitrogen and oxygen atoms in total. The van der Waals surface area contributed by atoms with E-state index in [0.717, 1.165) is 60.5 Å². The maximum absolute atomic E-state index is 6.24. The predicted octanol–water partition coefficient (Wildman–Crippen LogP) is 8.76. The van der Waals surface area contributed by atoms with Crippen molar-refractivity contribution < 1.29 is 4.42 Å². The number of fused-ring (bicyclic) bond motifs is 9. The van der Waals surface area contributed by atoms with Crippen LogP contribution in [0, 0.1) is 0 Å². The van der Waals surface area contributed by atoms with Gasteiger partial charge in [-0.1, -0.05) is 72.4 Å². The lowest BCUT2D eigenvalue weighted by Gasteiger charge is -2.20. The van der Waals surface area contributed by atoms with Crippen LogP contribution in [0.3, 0.4) is 0 Å². The third-order valence-corrected chi connectivity index (χ3v) is 8.55. The van der Waals surface area contributed by atoms with Gasteiger partial charge in [0.2, 0.25) is 5.95 Å². The van der Waals surface area contributed by atoms with Gasteiger partial charge < -0.3 is 4.42 Å². The van der Waals surface area contributed by atoms with Crippen molar-refractivity contribution in [3.05, 3.63) is 103 Å². The molecule has 3 aromatic heterocycles. The Kier molecular flexibility index (Phi) is 3.70. The second kappa shape index (κ2) is 6.99. The Morgan fingerprint density at radius 2 is 1.38 bits per heavy atom. The van der Waals surface area contributed by atoms with Crippen LogP contribution in [0.5, 0.6) is 0 Å². The zero-order valence-corrected chi connectivity index (χ0v) is 20.3. The van der Waals surface area contributed by atoms with Crippen molar-refractivity contribution in [2.24, 2.45) is 0 Å². The fraction of sp³-hybridized carbons (Fsp3) is 0. The number of rotatable bonds is 1. The molecule has 0 saturated carbocycles. The van der Waals surface area contributed by atoms with Gasteiger partial charge in [0.1, 0.15) is 11.2 Å². The molecule has 37 heavy (non-hydrogen) atoms. The minimum absolute atomic E-state index is 0.680. The second-order valence-corrected chi connectivity index (χ2v) is 10.5. The van der Waals surface area contributed by atoms with Crippen LogP contribution in [-0.4, -0.2) is 14.5 Å². The summed E-state index contributed by atoms with van der Waals surface area (Å²) in [4.78, 5) is 12.8. The number of aromatic nitrogens is 3. The molecule has 8 aromatic rings. The molecule has 0 atom stereocenters. The zero-order valence-electron chi connectivity index (χ0n) is 19.5. The first-order valence-electron chi connectivity index (χ1n) is 12.3. The summed E-state index contributed by atoms with van der Waals surface area (Å²) in [5.74, 6) is 0.680. The summed E-state index contributed by atoms with van der Waals surface area (Å²) in [6, 6.07) is 35.8. The zero-order chi connectivity index (χ0) is 24.1. The summed E-state index contributed by atoms with van der Waals surface area (Å²) in [6.07, 6.45) is 0. The highest BCUT2D eigenvalue weighted by Crippen LogP contribution is 2.47. The first-order chi connectivity index (χ1) is 18.3. The SMILES string of the molecule is c1ccc2c(c1)Sc1cccc3nc(-n4c5ccccc5c5c6c(ccc54)oc4ccccc46)nc-2c13. The first kappa shape index (κ1) is 19.6. The van der Waals surface area contributed by atoms with Gasteiger partial charge in [0.25, 0.3) is 0 Å². The van der Waals surface area contributed by atoms with E-state index in [-0.39, 0.29) is 0 Å². The van der Waals surface area contributed by atoms with Crippen LogP contribution in [-0.2, 0) is 0 Å². The van der Waals surface area contributed by atoms with Crippen molar-refractivity contribution >= 4 is 66.4 Å². The molecule has 172 valence electrons. The number of nitrogens with zero attached hydrogens (tertiary/aromatic N) is 3. The first-order valence-corrected chi connectivity index (χ1v) is 13.1. The molecule has 5 heteroatoms. The normalized spacial score (nSPS) is 12.8. The predicted molar refractivity (Wildman–Crippen MR) is 151 cm³/mol. The van der Waals surface area contributed by atoms with Gasteiger partial charge in [-0.2, -0.15) is 0 Å². The van der Waals surface area contributed by atoms with E-state index in [9.17, 15) is 0 Å². The monoisotopic (exact) mass is 491 g/mol. The lowest BCUT2D eigenvalue weighted by molar-refractivity contribution is 0.669. The van der Waals surface area contributed by atoms with E-state index in [1.807, 2.05) is 12.1 Å². The van der Waals surface area contributed by atoms with E-state index >= 15 is 0 Å². The van der Waals surface area contributed by atoms with E-state index in [0.29, 0.717) is 5.95 Å². The van der Waals surface area contributed by atoms with Crippen LogP contribution < -0.4 is 0 Å². The molecule has 0 bridgehead atoms. The Hall–Kier alpha value is -4.61. The highest BCUT2D eigenvalue weighted by atomic mass is 32.2. The fourth-order valence-corrected chi connectivity index (χ4v) is 6.99. The Bertz CT molecular complexity index is 2240. The van der Waals surface area contributed by atoms with Gasteiger partial charge >= 0.3 is 0 Å². The summed E-state index contributed by atoms with van der Waals surface area (Å²) in [6.45, 7) is 0. The highest BCUT2D eigenvalue weighted by Gasteiger charge is 2.24. The maximum Gasteiger partial charge on any atom is 0.235 e. The van der Waals surface area contributed by atoms with E-state index in [4.69, 9.17) is 14.4 Å². The third kappa shape index (κ3) is 2.54. The number of para-hydroxylation sites is 2. The van der Waals surface area contributed by atoms with Crippen molar-refractivity contribution in [2.45, 2.75) is 9.79 Å². The standard InChI is InChI=1S/C32H17N3OS/c1-4-12-22-18(8-1)28-23(16-17-25-29(28)19-9-2-5-13-24(19)36-25)35(22)32-33-21-11-7-15-27-30(21)31(34-32)20-10-3-6-14-26(20)37-27/h1-17H. The van der Waals surface area contributed by atoms with E-state index in [2.05, 4.69) is 95.6 Å². The highest BCUT2D eigenvalue weighted by molar-refractivity contribution is 7.99. The summed E-state index contributed by atoms with van der Waals surface area (Å²) in [7, 11) is 0. The Morgan fingerprint density at radius 3 is 2.35 bits per heavy atom. The molecule has 1 aliphatic heterocycles. The third-order valence-electron chi connectivity index (χ3n) is 7.41. The smallest absolute Gasteiger partial charge is 0.235 e. The van der Waals surface area contributed by atoms with Gasteiger partial charge in [0.05, 0.1) is 22.2 Å². The van der Waals surface area contributed by atoms with Crippen LogP contribution in [0.4, 0.5) is 0 Å². The van der Waals surface area contributed by atoms with Crippen molar-refractivity contribution in [1.29, 1.82) is 0 Å². The summed E-state index contributed by atoms with van der Waals surface area (Å²) < 4.78 is 8.44. The molecule has 0 unspecified atom stereocenters. The van der Waals surface area contributed by atoms with Crippen molar-refractivity contribution in [2.75, 3.05) is 0 Å². The van der Waals surface area contributed by atoms with Gasteiger partial charge in [-0.3, -0.25) is 4.57 Å². The van der Waals surface area contributed by atoms with Crippen LogP contribution in [0.2, 0.25) is 0 Å². The van der Waals surface area contributed by atoms with E-state index in [1.54, 1.807) is 11.8 Å². The van der Waals surface area contributed by atoms with Crippen molar-refractivity contribution in [3.63, 3.8) is 0 Å². The molecule has 0 radical (unpaired) electrons.